The molecule has 3 aromatic rings. The minimum Gasteiger partial charge on any atom is -0.507 e. The Balaban J connectivity index is 1.87. The fourth-order valence-electron chi connectivity index (χ4n) is 3.29. The van der Waals surface area contributed by atoms with Crippen LogP contribution in [-0.4, -0.2) is 26.7 Å². The van der Waals surface area contributed by atoms with Crippen molar-refractivity contribution in [3.63, 3.8) is 0 Å². The molecule has 1 aromatic carbocycles. The van der Waals surface area contributed by atoms with E-state index in [2.05, 4.69) is 4.98 Å². The summed E-state index contributed by atoms with van der Waals surface area (Å²) in [6.07, 6.45) is 4.66. The number of pyridine rings is 1. The molecule has 1 amide bonds. The standard InChI is InChI=1S/C21H15ClN2O4/c22-15-6-1-4-13(10-15)19(25)17-18(14-5-2-8-23-11-14)24(21(27)20(17)26)12-16-7-3-9-28-16/h1-11,18,25H,12H2/b19-17-. The molecule has 28 heavy (non-hydrogen) atoms. The van der Waals surface area contributed by atoms with E-state index >= 15 is 0 Å². The number of benzene rings is 1. The zero-order chi connectivity index (χ0) is 19.7. The van der Waals surface area contributed by atoms with Gasteiger partial charge in [-0.25, -0.2) is 0 Å². The molecule has 0 spiro atoms. The monoisotopic (exact) mass is 394 g/mol. The highest BCUT2D eigenvalue weighted by Crippen LogP contribution is 2.40. The normalized spacial score (nSPS) is 18.6. The van der Waals surface area contributed by atoms with Crippen LogP contribution in [0.5, 0.6) is 0 Å². The number of aromatic nitrogens is 1. The number of carbonyl (C=O) groups is 2. The number of nitrogens with zero attached hydrogens (tertiary/aromatic N) is 2. The van der Waals surface area contributed by atoms with Crippen molar-refractivity contribution in [2.45, 2.75) is 12.6 Å². The van der Waals surface area contributed by atoms with Gasteiger partial charge in [0.1, 0.15) is 11.5 Å². The zero-order valence-corrected chi connectivity index (χ0v) is 15.3. The summed E-state index contributed by atoms with van der Waals surface area (Å²) in [5.41, 5.74) is 0.959. The van der Waals surface area contributed by atoms with Crippen LogP contribution in [0, 0.1) is 0 Å². The SMILES string of the molecule is O=C1C(=O)N(Cc2ccco2)C(c2cccnc2)/C1=C(/O)c1cccc(Cl)c1. The molecule has 1 N–H and O–H groups in total. The molecular weight excluding hydrogens is 380 g/mol. The molecule has 2 aromatic heterocycles. The number of aliphatic hydroxyl groups excluding tert-OH is 1. The number of likely N-dealkylation sites (tertiary alicyclic amines) is 1. The number of Topliss-reactive ketones (excluding diaryl/α,β-unsaturated/α-hetero) is 1. The summed E-state index contributed by atoms with van der Waals surface area (Å²) >= 11 is 6.02. The first-order valence-electron chi connectivity index (χ1n) is 8.53. The Morgan fingerprint density at radius 2 is 2.04 bits per heavy atom. The smallest absolute Gasteiger partial charge is 0.296 e. The quantitative estimate of drug-likeness (QED) is 0.411. The number of amides is 1. The molecule has 1 aliphatic rings. The Morgan fingerprint density at radius 3 is 2.71 bits per heavy atom. The van der Waals surface area contributed by atoms with E-state index in [4.69, 9.17) is 16.0 Å². The van der Waals surface area contributed by atoms with Gasteiger partial charge in [-0.3, -0.25) is 14.6 Å². The van der Waals surface area contributed by atoms with E-state index in [9.17, 15) is 14.7 Å². The van der Waals surface area contributed by atoms with Crippen LogP contribution >= 0.6 is 11.6 Å². The molecule has 0 bridgehead atoms. The van der Waals surface area contributed by atoms with Gasteiger partial charge >= 0.3 is 0 Å². The summed E-state index contributed by atoms with van der Waals surface area (Å²) in [6, 6.07) is 12.6. The van der Waals surface area contributed by atoms with Crippen LogP contribution in [0.2, 0.25) is 5.02 Å². The third-order valence-corrected chi connectivity index (χ3v) is 4.78. The van der Waals surface area contributed by atoms with E-state index < -0.39 is 17.7 Å². The first kappa shape index (κ1) is 18.0. The molecule has 1 aliphatic heterocycles. The Hall–Kier alpha value is -3.38. The maximum Gasteiger partial charge on any atom is 0.296 e. The second-order valence-electron chi connectivity index (χ2n) is 6.30. The average molecular weight is 395 g/mol. The summed E-state index contributed by atoms with van der Waals surface area (Å²) in [4.78, 5) is 31.1. The van der Waals surface area contributed by atoms with Crippen molar-refractivity contribution < 1.29 is 19.1 Å². The zero-order valence-electron chi connectivity index (χ0n) is 14.6. The number of ketones is 1. The Kier molecular flexibility index (Phi) is 4.71. The van der Waals surface area contributed by atoms with Crippen molar-refractivity contribution in [2.24, 2.45) is 0 Å². The largest absolute Gasteiger partial charge is 0.507 e. The fourth-order valence-corrected chi connectivity index (χ4v) is 3.48. The lowest BCUT2D eigenvalue weighted by molar-refractivity contribution is -0.140. The number of aliphatic hydroxyl groups is 1. The molecule has 1 saturated heterocycles. The lowest BCUT2D eigenvalue weighted by atomic mass is 9.96. The molecule has 0 radical (unpaired) electrons. The molecule has 0 aliphatic carbocycles. The second kappa shape index (κ2) is 7.32. The van der Waals surface area contributed by atoms with Crippen LogP contribution in [-0.2, 0) is 16.1 Å². The molecule has 3 heterocycles. The van der Waals surface area contributed by atoms with Crippen LogP contribution < -0.4 is 0 Å². The summed E-state index contributed by atoms with van der Waals surface area (Å²) in [5, 5.41) is 11.3. The Bertz CT molecular complexity index is 1060. The summed E-state index contributed by atoms with van der Waals surface area (Å²) in [6.45, 7) is 0.0868. The van der Waals surface area contributed by atoms with Crippen LogP contribution in [0.15, 0.2) is 77.2 Å². The van der Waals surface area contributed by atoms with Crippen LogP contribution in [0.4, 0.5) is 0 Å². The third-order valence-electron chi connectivity index (χ3n) is 4.54. The molecule has 1 fully saturated rings. The Labute approximate surface area is 165 Å². The summed E-state index contributed by atoms with van der Waals surface area (Å²) < 4.78 is 5.34. The number of hydrogen-bond acceptors (Lipinski definition) is 5. The van der Waals surface area contributed by atoms with Gasteiger partial charge < -0.3 is 14.4 Å². The highest BCUT2D eigenvalue weighted by Gasteiger charge is 2.46. The molecule has 0 saturated carbocycles. The van der Waals surface area contributed by atoms with E-state index in [0.29, 0.717) is 21.9 Å². The van der Waals surface area contributed by atoms with Crippen molar-refractivity contribution >= 4 is 29.1 Å². The van der Waals surface area contributed by atoms with Gasteiger partial charge in [0.05, 0.1) is 24.4 Å². The number of furan rings is 1. The molecule has 4 rings (SSSR count). The van der Waals surface area contributed by atoms with E-state index in [-0.39, 0.29) is 17.9 Å². The van der Waals surface area contributed by atoms with E-state index in [0.717, 1.165) is 0 Å². The van der Waals surface area contributed by atoms with Gasteiger partial charge in [-0.15, -0.1) is 0 Å². The lowest BCUT2D eigenvalue weighted by Crippen LogP contribution is -2.29. The maximum atomic E-state index is 12.8. The highest BCUT2D eigenvalue weighted by molar-refractivity contribution is 6.46. The molecule has 1 unspecified atom stereocenters. The van der Waals surface area contributed by atoms with E-state index in [1.165, 1.54) is 17.2 Å². The first-order chi connectivity index (χ1) is 13.6. The predicted molar refractivity (Wildman–Crippen MR) is 102 cm³/mol. The number of hydrogen-bond donors (Lipinski definition) is 1. The summed E-state index contributed by atoms with van der Waals surface area (Å²) in [5.74, 6) is -1.23. The Morgan fingerprint density at radius 1 is 1.18 bits per heavy atom. The van der Waals surface area contributed by atoms with Gasteiger partial charge in [0.25, 0.3) is 11.7 Å². The van der Waals surface area contributed by atoms with E-state index in [1.807, 2.05) is 0 Å². The average Bonchev–Trinajstić information content (AvgIpc) is 3.30. The van der Waals surface area contributed by atoms with Crippen LogP contribution in [0.25, 0.3) is 5.76 Å². The van der Waals surface area contributed by atoms with Crippen LogP contribution in [0.1, 0.15) is 22.9 Å². The topological polar surface area (TPSA) is 83.6 Å². The molecule has 1 atom stereocenters. The molecule has 7 heteroatoms. The fraction of sp³-hybridized carbons (Fsp3) is 0.0952. The van der Waals surface area contributed by atoms with Gasteiger partial charge in [0.2, 0.25) is 0 Å². The second-order valence-corrected chi connectivity index (χ2v) is 6.74. The van der Waals surface area contributed by atoms with Crippen LogP contribution in [0.3, 0.4) is 0 Å². The van der Waals surface area contributed by atoms with Crippen molar-refractivity contribution in [3.05, 3.63) is 94.7 Å². The molecule has 6 nitrogen and oxygen atoms in total. The third kappa shape index (κ3) is 3.18. The van der Waals surface area contributed by atoms with Crippen molar-refractivity contribution in [3.8, 4) is 0 Å². The number of halogens is 1. The minimum atomic E-state index is -0.794. The van der Waals surface area contributed by atoms with Gasteiger partial charge in [0, 0.05) is 23.0 Å². The predicted octanol–water partition coefficient (Wildman–Crippen LogP) is 3.95. The highest BCUT2D eigenvalue weighted by atomic mass is 35.5. The lowest BCUT2D eigenvalue weighted by Gasteiger charge is -2.24. The minimum absolute atomic E-state index is 0.00757. The molecular formula is C21H15ClN2O4. The van der Waals surface area contributed by atoms with Crippen molar-refractivity contribution in [2.75, 3.05) is 0 Å². The molecule has 140 valence electrons. The number of rotatable bonds is 4. The van der Waals surface area contributed by atoms with Gasteiger partial charge in [-0.1, -0.05) is 29.8 Å². The van der Waals surface area contributed by atoms with Crippen molar-refractivity contribution in [1.29, 1.82) is 0 Å². The van der Waals surface area contributed by atoms with Gasteiger partial charge in [-0.05, 0) is 35.9 Å². The van der Waals surface area contributed by atoms with Crippen molar-refractivity contribution in [1.82, 2.24) is 9.88 Å². The number of carbonyl (C=O) groups excluding carboxylic acids is 2. The van der Waals surface area contributed by atoms with Gasteiger partial charge in [0.15, 0.2) is 0 Å². The maximum absolute atomic E-state index is 12.8. The van der Waals surface area contributed by atoms with Gasteiger partial charge in [-0.2, -0.15) is 0 Å². The van der Waals surface area contributed by atoms with E-state index in [1.54, 1.807) is 54.9 Å². The summed E-state index contributed by atoms with van der Waals surface area (Å²) in [7, 11) is 0. The first-order valence-corrected chi connectivity index (χ1v) is 8.90.